The van der Waals surface area contributed by atoms with Gasteiger partial charge in [0.1, 0.15) is 0 Å². The van der Waals surface area contributed by atoms with Crippen LogP contribution in [-0.4, -0.2) is 30.0 Å². The molecule has 27 heavy (non-hydrogen) atoms. The van der Waals surface area contributed by atoms with Crippen molar-refractivity contribution in [2.24, 2.45) is 0 Å². The Kier molecular flexibility index (Phi) is 7.24. The van der Waals surface area contributed by atoms with Crippen molar-refractivity contribution >= 4 is 35.4 Å². The van der Waals surface area contributed by atoms with Gasteiger partial charge in [-0.1, -0.05) is 36.4 Å². The van der Waals surface area contributed by atoms with E-state index in [2.05, 4.69) is 5.32 Å². The summed E-state index contributed by atoms with van der Waals surface area (Å²) in [6.07, 6.45) is 1.25. The van der Waals surface area contributed by atoms with Crippen molar-refractivity contribution in [3.63, 3.8) is 0 Å². The number of carbonyl (C=O) groups excluding carboxylic acids is 2. The quantitative estimate of drug-likeness (QED) is 0.730. The molecular weight excluding hydrogens is 378 g/mol. The van der Waals surface area contributed by atoms with Crippen LogP contribution in [0, 0.1) is 6.92 Å². The third-order valence-corrected chi connectivity index (χ3v) is 7.33. The van der Waals surface area contributed by atoms with Gasteiger partial charge < -0.3 is 10.1 Å². The predicted octanol–water partition coefficient (Wildman–Crippen LogP) is 4.34. The molecule has 1 N–H and O–H groups in total. The molecule has 142 valence electrons. The summed E-state index contributed by atoms with van der Waals surface area (Å²) < 4.78 is 5.57. The summed E-state index contributed by atoms with van der Waals surface area (Å²) in [6, 6.07) is 15.4. The maximum atomic E-state index is 12.2. The van der Waals surface area contributed by atoms with Gasteiger partial charge in [0, 0.05) is 6.54 Å². The number of ether oxygens (including phenoxy) is 1. The van der Waals surface area contributed by atoms with Gasteiger partial charge in [0.2, 0.25) is 0 Å². The fraction of sp³-hybridized carbons (Fsp3) is 0.333. The first-order chi connectivity index (χ1) is 13.1. The molecule has 2 aromatic carbocycles. The third kappa shape index (κ3) is 5.78. The van der Waals surface area contributed by atoms with Crippen LogP contribution < -0.4 is 5.32 Å². The van der Waals surface area contributed by atoms with Crippen molar-refractivity contribution in [2.45, 2.75) is 24.5 Å². The van der Waals surface area contributed by atoms with Gasteiger partial charge in [-0.3, -0.25) is 4.79 Å². The molecule has 0 aromatic heterocycles. The number of esters is 1. The maximum Gasteiger partial charge on any atom is 0.338 e. The average molecular weight is 402 g/mol. The van der Waals surface area contributed by atoms with E-state index >= 15 is 0 Å². The topological polar surface area (TPSA) is 55.4 Å². The van der Waals surface area contributed by atoms with Crippen LogP contribution in [0.5, 0.6) is 0 Å². The second-order valence-electron chi connectivity index (χ2n) is 6.33. The van der Waals surface area contributed by atoms with Gasteiger partial charge in [0.25, 0.3) is 5.91 Å². The summed E-state index contributed by atoms with van der Waals surface area (Å²) in [6.45, 7) is 2.14. The Bertz CT molecular complexity index is 786. The van der Waals surface area contributed by atoms with E-state index in [0.29, 0.717) is 16.7 Å². The lowest BCUT2D eigenvalue weighted by molar-refractivity contribution is -0.124. The Morgan fingerprint density at radius 3 is 2.48 bits per heavy atom. The molecule has 1 saturated heterocycles. The van der Waals surface area contributed by atoms with E-state index in [0.717, 1.165) is 11.1 Å². The first kappa shape index (κ1) is 19.8. The maximum absolute atomic E-state index is 12.2. The lowest BCUT2D eigenvalue weighted by Gasteiger charge is -2.21. The summed E-state index contributed by atoms with van der Waals surface area (Å²) >= 11 is 3.89. The molecule has 0 atom stereocenters. The number of rotatable bonds is 6. The molecule has 1 aliphatic heterocycles. The number of amides is 1. The molecular formula is C21H23NO3S2. The zero-order valence-electron chi connectivity index (χ0n) is 15.3. The molecule has 3 rings (SSSR count). The van der Waals surface area contributed by atoms with E-state index < -0.39 is 5.97 Å². The molecule has 0 spiro atoms. The van der Waals surface area contributed by atoms with Gasteiger partial charge in [-0.15, -0.1) is 23.5 Å². The summed E-state index contributed by atoms with van der Waals surface area (Å²) in [7, 11) is 0. The molecule has 0 aliphatic carbocycles. The number of nitrogens with one attached hydrogen (secondary N) is 1. The number of carbonyl (C=O) groups is 2. The second kappa shape index (κ2) is 9.85. The van der Waals surface area contributed by atoms with E-state index in [9.17, 15) is 9.59 Å². The Morgan fingerprint density at radius 1 is 1.07 bits per heavy atom. The largest absolute Gasteiger partial charge is 0.452 e. The number of benzene rings is 2. The zero-order valence-corrected chi connectivity index (χ0v) is 16.9. The van der Waals surface area contributed by atoms with Gasteiger partial charge >= 0.3 is 5.97 Å². The fourth-order valence-corrected chi connectivity index (χ4v) is 5.62. The molecule has 0 bridgehead atoms. The van der Waals surface area contributed by atoms with Crippen LogP contribution >= 0.6 is 23.5 Å². The van der Waals surface area contributed by atoms with Gasteiger partial charge in [0.05, 0.1) is 10.1 Å². The molecule has 1 fully saturated rings. The van der Waals surface area contributed by atoms with E-state index in [-0.39, 0.29) is 12.5 Å². The fourth-order valence-electron chi connectivity index (χ4n) is 2.72. The van der Waals surface area contributed by atoms with E-state index in [1.807, 2.05) is 66.8 Å². The van der Waals surface area contributed by atoms with Crippen molar-refractivity contribution in [1.29, 1.82) is 0 Å². The van der Waals surface area contributed by atoms with Crippen LogP contribution in [0.1, 0.15) is 38.1 Å². The van der Waals surface area contributed by atoms with E-state index in [4.69, 9.17) is 4.74 Å². The summed E-state index contributed by atoms with van der Waals surface area (Å²) in [5, 5.41) is 2.78. The Hall–Kier alpha value is -1.92. The summed E-state index contributed by atoms with van der Waals surface area (Å²) in [5.74, 6) is 1.58. The molecule has 0 unspecified atom stereocenters. The Labute approximate surface area is 168 Å². The molecule has 1 aliphatic rings. The number of hydrogen-bond donors (Lipinski definition) is 1. The minimum atomic E-state index is -0.475. The Morgan fingerprint density at radius 2 is 1.78 bits per heavy atom. The van der Waals surface area contributed by atoms with Crippen LogP contribution in [0.15, 0.2) is 48.5 Å². The van der Waals surface area contributed by atoms with Crippen LogP contribution in [0.25, 0.3) is 0 Å². The molecule has 1 amide bonds. The van der Waals surface area contributed by atoms with Crippen LogP contribution in [0.3, 0.4) is 0 Å². The average Bonchev–Trinajstić information content (AvgIpc) is 2.72. The zero-order chi connectivity index (χ0) is 19.1. The standard InChI is InChI=1S/C21H23NO3S2/c1-15-5-2-3-6-18(15)13-22-19(23)14-25-20(24)16-7-9-17(10-8-16)21-26-11-4-12-27-21/h2-3,5-10,21H,4,11-14H2,1H3,(H,22,23). The minimum absolute atomic E-state index is 0.277. The highest BCUT2D eigenvalue weighted by Gasteiger charge is 2.17. The summed E-state index contributed by atoms with van der Waals surface area (Å²) in [5.41, 5.74) is 3.85. The monoisotopic (exact) mass is 401 g/mol. The van der Waals surface area contributed by atoms with Crippen LogP contribution in [0.4, 0.5) is 0 Å². The van der Waals surface area contributed by atoms with Crippen molar-refractivity contribution < 1.29 is 14.3 Å². The smallest absolute Gasteiger partial charge is 0.338 e. The Balaban J connectivity index is 1.45. The van der Waals surface area contributed by atoms with Gasteiger partial charge in [-0.05, 0) is 53.7 Å². The van der Waals surface area contributed by atoms with Gasteiger partial charge in [-0.2, -0.15) is 0 Å². The van der Waals surface area contributed by atoms with Crippen molar-refractivity contribution in [2.75, 3.05) is 18.1 Å². The highest BCUT2D eigenvalue weighted by atomic mass is 32.2. The highest BCUT2D eigenvalue weighted by Crippen LogP contribution is 2.43. The van der Waals surface area contributed by atoms with Crippen LogP contribution in [0.2, 0.25) is 0 Å². The predicted molar refractivity (Wildman–Crippen MR) is 112 cm³/mol. The normalized spacial score (nSPS) is 14.6. The van der Waals surface area contributed by atoms with Crippen molar-refractivity contribution in [3.8, 4) is 0 Å². The minimum Gasteiger partial charge on any atom is -0.452 e. The molecule has 1 heterocycles. The van der Waals surface area contributed by atoms with E-state index in [1.165, 1.54) is 23.5 Å². The lowest BCUT2D eigenvalue weighted by atomic mass is 10.1. The van der Waals surface area contributed by atoms with Gasteiger partial charge in [0.15, 0.2) is 6.61 Å². The second-order valence-corrected chi connectivity index (χ2v) is 9.05. The number of thioether (sulfide) groups is 2. The van der Waals surface area contributed by atoms with Crippen LogP contribution in [-0.2, 0) is 16.1 Å². The highest BCUT2D eigenvalue weighted by molar-refractivity contribution is 8.16. The first-order valence-corrected chi connectivity index (χ1v) is 11.0. The molecule has 4 nitrogen and oxygen atoms in total. The van der Waals surface area contributed by atoms with Crippen molar-refractivity contribution in [3.05, 3.63) is 70.8 Å². The SMILES string of the molecule is Cc1ccccc1CNC(=O)COC(=O)c1ccc(C2SCCCS2)cc1. The number of aryl methyl sites for hydroxylation is 1. The molecule has 6 heteroatoms. The number of hydrogen-bond acceptors (Lipinski definition) is 5. The lowest BCUT2D eigenvalue weighted by Crippen LogP contribution is -2.28. The molecule has 0 saturated carbocycles. The summed E-state index contributed by atoms with van der Waals surface area (Å²) in [4.78, 5) is 24.1. The third-order valence-electron chi connectivity index (χ3n) is 4.32. The van der Waals surface area contributed by atoms with Crippen molar-refractivity contribution in [1.82, 2.24) is 5.32 Å². The first-order valence-electron chi connectivity index (χ1n) is 8.95. The van der Waals surface area contributed by atoms with E-state index in [1.54, 1.807) is 12.1 Å². The molecule has 0 radical (unpaired) electrons. The van der Waals surface area contributed by atoms with Gasteiger partial charge in [-0.25, -0.2) is 4.79 Å². The molecule has 2 aromatic rings.